The highest BCUT2D eigenvalue weighted by Gasteiger charge is 2.33. The molecular weight excluding hydrogens is 188 g/mol. The summed E-state index contributed by atoms with van der Waals surface area (Å²) in [5.74, 6) is 0. The first-order valence-electron chi connectivity index (χ1n) is 4.77. The van der Waals surface area contributed by atoms with E-state index in [4.69, 9.17) is 0 Å². The normalized spacial score (nSPS) is 36.1. The number of piperidine rings is 1. The van der Waals surface area contributed by atoms with Crippen LogP contribution >= 0.6 is 0 Å². The Labute approximate surface area is 79.4 Å². The lowest BCUT2D eigenvalue weighted by Crippen LogP contribution is -2.59. The van der Waals surface area contributed by atoms with Gasteiger partial charge in [0.2, 0.25) is 10.0 Å². The number of sulfonamides is 1. The predicted octanol–water partition coefficient (Wildman–Crippen LogP) is -0.228. The average molecular weight is 204 g/mol. The van der Waals surface area contributed by atoms with Crippen LogP contribution in [0.4, 0.5) is 0 Å². The van der Waals surface area contributed by atoms with Gasteiger partial charge in [-0.2, -0.15) is 4.31 Å². The summed E-state index contributed by atoms with van der Waals surface area (Å²) < 4.78 is 24.2. The van der Waals surface area contributed by atoms with E-state index in [9.17, 15) is 8.42 Å². The minimum Gasteiger partial charge on any atom is -0.309 e. The molecule has 4 nitrogen and oxygen atoms in total. The number of hydrogen-bond acceptors (Lipinski definition) is 3. The Bertz CT molecular complexity index is 277. The Morgan fingerprint density at radius 1 is 1.23 bits per heavy atom. The molecule has 13 heavy (non-hydrogen) atoms. The van der Waals surface area contributed by atoms with Gasteiger partial charge in [0, 0.05) is 25.2 Å². The molecule has 0 aliphatic carbocycles. The van der Waals surface area contributed by atoms with Gasteiger partial charge >= 0.3 is 0 Å². The van der Waals surface area contributed by atoms with E-state index in [1.165, 1.54) is 12.7 Å². The summed E-state index contributed by atoms with van der Waals surface area (Å²) in [5.41, 5.74) is 0. The van der Waals surface area contributed by atoms with Crippen molar-refractivity contribution in [3.05, 3.63) is 0 Å². The molecule has 0 spiro atoms. The molecule has 0 amide bonds. The second-order valence-corrected chi connectivity index (χ2v) is 6.05. The number of hydrogen-bond donors (Lipinski definition) is 1. The Hall–Kier alpha value is -0.130. The molecule has 2 saturated heterocycles. The van der Waals surface area contributed by atoms with Gasteiger partial charge in [0.15, 0.2) is 0 Å². The number of fused-ring (bicyclic) bond motifs is 2. The third kappa shape index (κ3) is 2.03. The van der Waals surface area contributed by atoms with Crippen LogP contribution in [0.25, 0.3) is 0 Å². The largest absolute Gasteiger partial charge is 0.309 e. The summed E-state index contributed by atoms with van der Waals surface area (Å²) in [4.78, 5) is 0. The first-order chi connectivity index (χ1) is 6.05. The van der Waals surface area contributed by atoms with Crippen molar-refractivity contribution in [1.82, 2.24) is 9.62 Å². The second kappa shape index (κ2) is 3.22. The van der Waals surface area contributed by atoms with Crippen LogP contribution in [0.15, 0.2) is 0 Å². The number of nitrogens with one attached hydrogen (secondary N) is 1. The second-order valence-electron chi connectivity index (χ2n) is 4.07. The molecule has 2 bridgehead atoms. The summed E-state index contributed by atoms with van der Waals surface area (Å²) in [6, 6.07) is 0.782. The van der Waals surface area contributed by atoms with Crippen LogP contribution in [0, 0.1) is 0 Å². The smallest absolute Gasteiger partial charge is 0.211 e. The molecule has 0 aromatic carbocycles. The molecule has 0 saturated carbocycles. The van der Waals surface area contributed by atoms with Crippen molar-refractivity contribution in [3.8, 4) is 0 Å². The van der Waals surface area contributed by atoms with E-state index < -0.39 is 10.0 Å². The molecule has 2 aliphatic rings. The zero-order valence-electron chi connectivity index (χ0n) is 7.86. The third-order valence-corrected chi connectivity index (χ3v) is 4.13. The lowest BCUT2D eigenvalue weighted by Gasteiger charge is -2.41. The van der Waals surface area contributed by atoms with Crippen LogP contribution in [0.3, 0.4) is 0 Å². The third-order valence-electron chi connectivity index (χ3n) is 2.89. The van der Waals surface area contributed by atoms with Crippen LogP contribution < -0.4 is 5.32 Å². The molecule has 2 atom stereocenters. The number of rotatable bonds is 1. The fourth-order valence-electron chi connectivity index (χ4n) is 2.24. The van der Waals surface area contributed by atoms with E-state index in [1.54, 1.807) is 4.31 Å². The number of nitrogens with zero attached hydrogens (tertiary/aromatic N) is 1. The van der Waals surface area contributed by atoms with Gasteiger partial charge in [-0.15, -0.1) is 0 Å². The van der Waals surface area contributed by atoms with Gasteiger partial charge in [0.25, 0.3) is 0 Å². The van der Waals surface area contributed by atoms with Crippen molar-refractivity contribution in [1.29, 1.82) is 0 Å². The highest BCUT2D eigenvalue weighted by molar-refractivity contribution is 7.88. The molecule has 2 heterocycles. The molecule has 0 aromatic heterocycles. The summed E-state index contributed by atoms with van der Waals surface area (Å²) >= 11 is 0. The molecule has 2 aliphatic heterocycles. The van der Waals surface area contributed by atoms with E-state index in [1.807, 2.05) is 0 Å². The monoisotopic (exact) mass is 204 g/mol. The maximum absolute atomic E-state index is 11.3. The van der Waals surface area contributed by atoms with Gasteiger partial charge in [-0.3, -0.25) is 0 Å². The summed E-state index contributed by atoms with van der Waals surface area (Å²) in [7, 11) is -2.97. The SMILES string of the molecule is CS(=O)(=O)N1CC2CCCC(C1)N2. The van der Waals surface area contributed by atoms with Gasteiger partial charge in [-0.25, -0.2) is 8.42 Å². The molecule has 0 aromatic rings. The molecule has 2 unspecified atom stereocenters. The van der Waals surface area contributed by atoms with Crippen LogP contribution in [0.5, 0.6) is 0 Å². The lowest BCUT2D eigenvalue weighted by atomic mass is 9.96. The van der Waals surface area contributed by atoms with Crippen LogP contribution in [0.1, 0.15) is 19.3 Å². The molecule has 76 valence electrons. The molecule has 2 rings (SSSR count). The minimum absolute atomic E-state index is 0.391. The van der Waals surface area contributed by atoms with Crippen molar-refractivity contribution >= 4 is 10.0 Å². The summed E-state index contributed by atoms with van der Waals surface area (Å²) in [5, 5.41) is 3.45. The Morgan fingerprint density at radius 3 is 2.23 bits per heavy atom. The first kappa shape index (κ1) is 9.43. The molecule has 0 radical (unpaired) electrons. The average Bonchev–Trinajstić information content (AvgIpc) is 2.01. The molecular formula is C8H16N2O2S. The van der Waals surface area contributed by atoms with Crippen LogP contribution in [-0.4, -0.2) is 44.2 Å². The quantitative estimate of drug-likeness (QED) is 0.642. The van der Waals surface area contributed by atoms with Gasteiger partial charge in [-0.05, 0) is 12.8 Å². The zero-order chi connectivity index (χ0) is 9.47. The van der Waals surface area contributed by atoms with Crippen molar-refractivity contribution < 1.29 is 8.42 Å². The first-order valence-corrected chi connectivity index (χ1v) is 6.62. The van der Waals surface area contributed by atoms with E-state index in [-0.39, 0.29) is 0 Å². The summed E-state index contributed by atoms with van der Waals surface area (Å²) in [6.07, 6.45) is 4.76. The van der Waals surface area contributed by atoms with Crippen molar-refractivity contribution in [2.45, 2.75) is 31.3 Å². The maximum atomic E-state index is 11.3. The van der Waals surface area contributed by atoms with Gasteiger partial charge in [-0.1, -0.05) is 6.42 Å². The van der Waals surface area contributed by atoms with E-state index in [0.717, 1.165) is 12.8 Å². The molecule has 1 N–H and O–H groups in total. The van der Waals surface area contributed by atoms with E-state index >= 15 is 0 Å². The van der Waals surface area contributed by atoms with Crippen molar-refractivity contribution in [2.24, 2.45) is 0 Å². The molecule has 2 fully saturated rings. The molecule has 5 heteroatoms. The Kier molecular flexibility index (Phi) is 2.33. The van der Waals surface area contributed by atoms with E-state index in [2.05, 4.69) is 5.32 Å². The van der Waals surface area contributed by atoms with Gasteiger partial charge in [0.1, 0.15) is 0 Å². The van der Waals surface area contributed by atoms with E-state index in [0.29, 0.717) is 25.2 Å². The Balaban J connectivity index is 2.10. The standard InChI is InChI=1S/C8H16N2O2S/c1-13(11,12)10-5-7-3-2-4-8(6-10)9-7/h7-9H,2-6H2,1H3. The highest BCUT2D eigenvalue weighted by Crippen LogP contribution is 2.20. The zero-order valence-corrected chi connectivity index (χ0v) is 8.68. The minimum atomic E-state index is -2.97. The van der Waals surface area contributed by atoms with Crippen molar-refractivity contribution in [2.75, 3.05) is 19.3 Å². The van der Waals surface area contributed by atoms with Gasteiger partial charge in [0.05, 0.1) is 6.26 Å². The van der Waals surface area contributed by atoms with Crippen LogP contribution in [-0.2, 0) is 10.0 Å². The van der Waals surface area contributed by atoms with Crippen LogP contribution in [0.2, 0.25) is 0 Å². The maximum Gasteiger partial charge on any atom is 0.211 e. The fourth-order valence-corrected chi connectivity index (χ4v) is 3.14. The summed E-state index contributed by atoms with van der Waals surface area (Å²) in [6.45, 7) is 1.32. The van der Waals surface area contributed by atoms with Gasteiger partial charge < -0.3 is 5.32 Å². The van der Waals surface area contributed by atoms with Crippen molar-refractivity contribution in [3.63, 3.8) is 0 Å². The number of piperazine rings is 1. The highest BCUT2D eigenvalue weighted by atomic mass is 32.2. The fraction of sp³-hybridized carbons (Fsp3) is 1.00. The topological polar surface area (TPSA) is 49.4 Å². The Morgan fingerprint density at radius 2 is 1.77 bits per heavy atom. The predicted molar refractivity (Wildman–Crippen MR) is 51.0 cm³/mol. The lowest BCUT2D eigenvalue weighted by molar-refractivity contribution is 0.191.